The molecular weight excluding hydrogens is 422 g/mol. The quantitative estimate of drug-likeness (QED) is 0.579. The highest BCUT2D eigenvalue weighted by Crippen LogP contribution is 2.37. The predicted octanol–water partition coefficient (Wildman–Crippen LogP) is 2.60. The van der Waals surface area contributed by atoms with Crippen molar-refractivity contribution in [2.75, 3.05) is 25.5 Å². The minimum Gasteiger partial charge on any atom is -0.478 e. The number of rotatable bonds is 6. The van der Waals surface area contributed by atoms with Gasteiger partial charge in [-0.2, -0.15) is 0 Å². The van der Waals surface area contributed by atoms with E-state index in [2.05, 4.69) is 22.0 Å². The zero-order valence-electron chi connectivity index (χ0n) is 19.0. The molecular formula is C23H29N7O3. The van der Waals surface area contributed by atoms with Crippen molar-refractivity contribution in [3.63, 3.8) is 0 Å². The SMILES string of the molecule is C=CC(=O)N1CCCC(n2cc(Nc3cn(C)nc3OC)c3ncc(C4CCC4)n3c2=O)C1. The van der Waals surface area contributed by atoms with E-state index in [1.807, 2.05) is 25.6 Å². The highest BCUT2D eigenvalue weighted by atomic mass is 16.5. The molecule has 0 radical (unpaired) electrons. The predicted molar refractivity (Wildman–Crippen MR) is 124 cm³/mol. The average molecular weight is 452 g/mol. The van der Waals surface area contributed by atoms with E-state index in [-0.39, 0.29) is 17.6 Å². The van der Waals surface area contributed by atoms with Gasteiger partial charge in [-0.1, -0.05) is 13.0 Å². The Morgan fingerprint density at radius 2 is 2.06 bits per heavy atom. The van der Waals surface area contributed by atoms with E-state index >= 15 is 0 Å². The van der Waals surface area contributed by atoms with Crippen LogP contribution in [0.4, 0.5) is 11.4 Å². The number of methoxy groups -OCH3 is 1. The van der Waals surface area contributed by atoms with Crippen molar-refractivity contribution in [2.24, 2.45) is 7.05 Å². The number of piperidine rings is 1. The van der Waals surface area contributed by atoms with Gasteiger partial charge in [0.2, 0.25) is 5.91 Å². The molecule has 1 unspecified atom stereocenters. The van der Waals surface area contributed by atoms with Gasteiger partial charge in [-0.25, -0.2) is 14.2 Å². The fourth-order valence-corrected chi connectivity index (χ4v) is 4.83. The summed E-state index contributed by atoms with van der Waals surface area (Å²) in [5.41, 5.74) is 2.79. The van der Waals surface area contributed by atoms with Crippen LogP contribution in [0.5, 0.6) is 5.88 Å². The highest BCUT2D eigenvalue weighted by molar-refractivity contribution is 5.87. The Bertz CT molecular complexity index is 1270. The second-order valence-electron chi connectivity index (χ2n) is 8.84. The molecule has 1 N–H and O–H groups in total. The molecule has 33 heavy (non-hydrogen) atoms. The van der Waals surface area contributed by atoms with Gasteiger partial charge in [-0.05, 0) is 31.8 Å². The maximum atomic E-state index is 13.7. The van der Waals surface area contributed by atoms with Crippen LogP contribution in [0.1, 0.15) is 49.8 Å². The first-order chi connectivity index (χ1) is 16.0. The Balaban J connectivity index is 1.62. The molecule has 174 valence electrons. The maximum absolute atomic E-state index is 13.7. The number of carbonyl (C=O) groups is 1. The van der Waals surface area contributed by atoms with Gasteiger partial charge >= 0.3 is 5.69 Å². The molecule has 1 amide bonds. The molecule has 3 aromatic heterocycles. The Morgan fingerprint density at radius 1 is 1.24 bits per heavy atom. The van der Waals surface area contributed by atoms with Crippen molar-refractivity contribution in [2.45, 2.75) is 44.1 Å². The molecule has 0 spiro atoms. The summed E-state index contributed by atoms with van der Waals surface area (Å²) in [4.78, 5) is 32.4. The Kier molecular flexibility index (Phi) is 5.43. The van der Waals surface area contributed by atoms with Crippen LogP contribution in [0.2, 0.25) is 0 Å². The fourth-order valence-electron chi connectivity index (χ4n) is 4.83. The smallest absolute Gasteiger partial charge is 0.334 e. The van der Waals surface area contributed by atoms with Crippen LogP contribution in [0.25, 0.3) is 5.65 Å². The van der Waals surface area contributed by atoms with E-state index in [0.717, 1.165) is 37.8 Å². The van der Waals surface area contributed by atoms with Crippen molar-refractivity contribution in [3.8, 4) is 5.88 Å². The molecule has 0 aromatic carbocycles. The van der Waals surface area contributed by atoms with Gasteiger partial charge in [0, 0.05) is 38.4 Å². The Labute approximate surface area is 191 Å². The summed E-state index contributed by atoms with van der Waals surface area (Å²) in [6.07, 6.45) is 11.7. The number of likely N-dealkylation sites (tertiary alicyclic amines) is 1. The average Bonchev–Trinajstić information content (AvgIpc) is 3.37. The van der Waals surface area contributed by atoms with Crippen LogP contribution >= 0.6 is 0 Å². The molecule has 10 nitrogen and oxygen atoms in total. The third kappa shape index (κ3) is 3.69. The van der Waals surface area contributed by atoms with Crippen LogP contribution in [-0.2, 0) is 11.8 Å². The number of fused-ring (bicyclic) bond motifs is 1. The van der Waals surface area contributed by atoms with Gasteiger partial charge in [-0.3, -0.25) is 14.0 Å². The molecule has 1 atom stereocenters. The van der Waals surface area contributed by atoms with Crippen molar-refractivity contribution < 1.29 is 9.53 Å². The first kappa shape index (κ1) is 21.3. The highest BCUT2D eigenvalue weighted by Gasteiger charge is 2.29. The van der Waals surface area contributed by atoms with Crippen LogP contribution in [0.3, 0.4) is 0 Å². The van der Waals surface area contributed by atoms with E-state index in [1.54, 1.807) is 25.7 Å². The molecule has 2 fully saturated rings. The van der Waals surface area contributed by atoms with Gasteiger partial charge < -0.3 is 15.0 Å². The minimum atomic E-state index is -0.132. The van der Waals surface area contributed by atoms with Crippen LogP contribution < -0.4 is 15.7 Å². The molecule has 0 bridgehead atoms. The van der Waals surface area contributed by atoms with Gasteiger partial charge in [0.15, 0.2) is 5.65 Å². The second-order valence-corrected chi connectivity index (χ2v) is 8.84. The molecule has 1 saturated carbocycles. The number of hydrogen-bond donors (Lipinski definition) is 1. The fraction of sp³-hybridized carbons (Fsp3) is 0.478. The number of imidazole rings is 1. The maximum Gasteiger partial charge on any atom is 0.334 e. The molecule has 5 rings (SSSR count). The van der Waals surface area contributed by atoms with Crippen molar-refractivity contribution in [3.05, 3.63) is 47.4 Å². The lowest BCUT2D eigenvalue weighted by molar-refractivity contribution is -0.127. The topological polar surface area (TPSA) is 98.7 Å². The molecule has 4 heterocycles. The van der Waals surface area contributed by atoms with Gasteiger partial charge in [0.25, 0.3) is 5.88 Å². The lowest BCUT2D eigenvalue weighted by Gasteiger charge is -2.33. The summed E-state index contributed by atoms with van der Waals surface area (Å²) in [6.45, 7) is 4.76. The van der Waals surface area contributed by atoms with E-state index in [1.165, 1.54) is 6.08 Å². The third-order valence-corrected chi connectivity index (χ3v) is 6.77. The Morgan fingerprint density at radius 3 is 2.76 bits per heavy atom. The molecule has 1 aliphatic carbocycles. The zero-order chi connectivity index (χ0) is 23.1. The number of carbonyl (C=O) groups excluding carboxylic acids is 1. The normalized spacial score (nSPS) is 18.8. The molecule has 1 saturated heterocycles. The first-order valence-electron chi connectivity index (χ1n) is 11.4. The first-order valence-corrected chi connectivity index (χ1v) is 11.4. The van der Waals surface area contributed by atoms with Crippen LogP contribution in [0, 0.1) is 0 Å². The lowest BCUT2D eigenvalue weighted by Crippen LogP contribution is -2.43. The monoisotopic (exact) mass is 451 g/mol. The summed E-state index contributed by atoms with van der Waals surface area (Å²) in [7, 11) is 3.39. The van der Waals surface area contributed by atoms with E-state index in [9.17, 15) is 9.59 Å². The number of ether oxygens (including phenoxy) is 1. The summed E-state index contributed by atoms with van der Waals surface area (Å²) >= 11 is 0. The van der Waals surface area contributed by atoms with E-state index in [4.69, 9.17) is 4.74 Å². The molecule has 10 heteroatoms. The number of hydrogen-bond acceptors (Lipinski definition) is 6. The largest absolute Gasteiger partial charge is 0.478 e. The van der Waals surface area contributed by atoms with Gasteiger partial charge in [-0.15, -0.1) is 5.10 Å². The summed E-state index contributed by atoms with van der Waals surface area (Å²) < 4.78 is 10.6. The number of nitrogens with zero attached hydrogens (tertiary/aromatic N) is 6. The van der Waals surface area contributed by atoms with Crippen molar-refractivity contribution in [1.29, 1.82) is 0 Å². The van der Waals surface area contributed by atoms with E-state index < -0.39 is 0 Å². The van der Waals surface area contributed by atoms with Crippen molar-refractivity contribution in [1.82, 2.24) is 28.6 Å². The van der Waals surface area contributed by atoms with Crippen LogP contribution in [-0.4, -0.2) is 54.7 Å². The summed E-state index contributed by atoms with van der Waals surface area (Å²) in [6, 6.07) is -0.132. The van der Waals surface area contributed by atoms with Crippen LogP contribution in [0.15, 0.2) is 36.0 Å². The number of aryl methyl sites for hydroxylation is 1. The molecule has 1 aliphatic heterocycles. The third-order valence-electron chi connectivity index (χ3n) is 6.77. The van der Waals surface area contributed by atoms with Gasteiger partial charge in [0.1, 0.15) is 5.69 Å². The molecule has 3 aromatic rings. The van der Waals surface area contributed by atoms with Gasteiger partial charge in [0.05, 0.1) is 30.7 Å². The second kappa shape index (κ2) is 8.42. The lowest BCUT2D eigenvalue weighted by atomic mass is 9.83. The number of nitrogens with one attached hydrogen (secondary N) is 1. The zero-order valence-corrected chi connectivity index (χ0v) is 19.0. The van der Waals surface area contributed by atoms with E-state index in [0.29, 0.717) is 41.9 Å². The Hall–Kier alpha value is -3.56. The number of aromatic nitrogens is 5. The number of anilines is 2. The van der Waals surface area contributed by atoms with Crippen molar-refractivity contribution >= 4 is 22.9 Å². The summed E-state index contributed by atoms with van der Waals surface area (Å²) in [5, 5.41) is 7.69. The number of amides is 1. The molecule has 2 aliphatic rings. The standard InChI is InChI=1S/C23H29N7O3/c1-4-20(31)28-10-6-9-16(12-28)29-14-17(25-18-13-27(2)26-22(18)33-3)21-24-11-19(15-7-5-8-15)30(21)23(29)32/h4,11,13-16,25H,1,5-10,12H2,2-3H3. The summed E-state index contributed by atoms with van der Waals surface area (Å²) in [5.74, 6) is 0.694. The minimum absolute atomic E-state index is 0.106.